The maximum atomic E-state index is 8.54. The molecule has 0 amide bonds. The first kappa shape index (κ1) is 18.4. The summed E-state index contributed by atoms with van der Waals surface area (Å²) in [5, 5.41) is 17.1. The number of hydrogen-bond donors (Lipinski definition) is 2. The fourth-order valence-corrected chi connectivity index (χ4v) is 2.17. The number of rotatable bonds is 8. The molecule has 0 aliphatic heterocycles. The quantitative estimate of drug-likeness (QED) is 0.723. The van der Waals surface area contributed by atoms with Gasteiger partial charge in [-0.05, 0) is 49.7 Å². The van der Waals surface area contributed by atoms with Crippen LogP contribution in [-0.4, -0.2) is 23.4 Å². The Labute approximate surface area is 134 Å². The Balaban J connectivity index is 0.000000220. The molecule has 22 heavy (non-hydrogen) atoms. The van der Waals surface area contributed by atoms with Crippen LogP contribution in [0.2, 0.25) is 0 Å². The Morgan fingerprint density at radius 2 is 0.864 bits per heavy atom. The number of aliphatic hydroxyl groups excluding tert-OH is 2. The maximum absolute atomic E-state index is 8.54. The van der Waals surface area contributed by atoms with Gasteiger partial charge in [-0.3, -0.25) is 0 Å². The highest BCUT2D eigenvalue weighted by atomic mass is 16.3. The molecule has 2 rings (SSSR count). The third-order valence-electron chi connectivity index (χ3n) is 3.43. The lowest BCUT2D eigenvalue weighted by molar-refractivity contribution is 0.284. The molecular weight excluding hydrogens is 272 g/mol. The fraction of sp³-hybridized carbons (Fsp3) is 0.400. The molecule has 0 saturated heterocycles. The van der Waals surface area contributed by atoms with E-state index >= 15 is 0 Å². The van der Waals surface area contributed by atoms with Gasteiger partial charge in [0, 0.05) is 13.2 Å². The van der Waals surface area contributed by atoms with Crippen molar-refractivity contribution in [1.82, 2.24) is 0 Å². The second kappa shape index (κ2) is 13.1. The fourth-order valence-electron chi connectivity index (χ4n) is 2.17. The molecule has 0 spiro atoms. The second-order valence-corrected chi connectivity index (χ2v) is 5.33. The summed E-state index contributed by atoms with van der Waals surface area (Å²) in [6.45, 7) is 0.625. The van der Waals surface area contributed by atoms with Gasteiger partial charge in [0.2, 0.25) is 0 Å². The molecule has 2 aromatic carbocycles. The molecule has 0 aliphatic rings. The summed E-state index contributed by atoms with van der Waals surface area (Å²) >= 11 is 0. The first-order valence-corrected chi connectivity index (χ1v) is 8.16. The van der Waals surface area contributed by atoms with Crippen molar-refractivity contribution in [3.05, 3.63) is 71.8 Å². The lowest BCUT2D eigenvalue weighted by atomic mass is 10.1. The van der Waals surface area contributed by atoms with Crippen LogP contribution in [0, 0.1) is 0 Å². The predicted molar refractivity (Wildman–Crippen MR) is 92.9 cm³/mol. The van der Waals surface area contributed by atoms with E-state index in [1.165, 1.54) is 11.1 Å². The number of unbranched alkanes of at least 4 members (excludes halogenated alkanes) is 2. The normalized spacial score (nSPS) is 9.91. The molecule has 0 atom stereocenters. The molecule has 2 heteroatoms. The summed E-state index contributed by atoms with van der Waals surface area (Å²) in [5.41, 5.74) is 2.72. The van der Waals surface area contributed by atoms with Gasteiger partial charge in [-0.25, -0.2) is 0 Å². The van der Waals surface area contributed by atoms with Crippen LogP contribution in [0.5, 0.6) is 0 Å². The van der Waals surface area contributed by atoms with Gasteiger partial charge in [0.1, 0.15) is 0 Å². The molecule has 0 saturated carbocycles. The lowest BCUT2D eigenvalue weighted by Gasteiger charge is -1.97. The van der Waals surface area contributed by atoms with Crippen molar-refractivity contribution in [2.45, 2.75) is 38.5 Å². The van der Waals surface area contributed by atoms with Crippen molar-refractivity contribution < 1.29 is 10.2 Å². The van der Waals surface area contributed by atoms with Gasteiger partial charge in [-0.1, -0.05) is 60.7 Å². The largest absolute Gasteiger partial charge is 0.396 e. The molecule has 120 valence electrons. The molecule has 0 bridgehead atoms. The van der Waals surface area contributed by atoms with Gasteiger partial charge in [-0.2, -0.15) is 0 Å². The topological polar surface area (TPSA) is 40.5 Å². The zero-order chi connectivity index (χ0) is 15.9. The molecule has 0 radical (unpaired) electrons. The van der Waals surface area contributed by atoms with E-state index in [0.717, 1.165) is 38.5 Å². The molecule has 0 fully saturated rings. The number of hydrogen-bond acceptors (Lipinski definition) is 2. The lowest BCUT2D eigenvalue weighted by Crippen LogP contribution is -1.87. The highest BCUT2D eigenvalue weighted by Crippen LogP contribution is 2.04. The smallest absolute Gasteiger partial charge is 0.0431 e. The van der Waals surface area contributed by atoms with Crippen LogP contribution in [0.3, 0.4) is 0 Å². The molecule has 0 heterocycles. The van der Waals surface area contributed by atoms with Gasteiger partial charge in [-0.15, -0.1) is 0 Å². The average Bonchev–Trinajstić information content (AvgIpc) is 2.58. The Hall–Kier alpha value is -1.64. The second-order valence-electron chi connectivity index (χ2n) is 5.33. The Kier molecular flexibility index (Phi) is 10.9. The van der Waals surface area contributed by atoms with Crippen LogP contribution in [0.4, 0.5) is 0 Å². The number of benzene rings is 2. The molecule has 0 aromatic heterocycles. The van der Waals surface area contributed by atoms with Gasteiger partial charge in [0.05, 0.1) is 0 Å². The van der Waals surface area contributed by atoms with Crippen molar-refractivity contribution in [3.8, 4) is 0 Å². The van der Waals surface area contributed by atoms with Crippen molar-refractivity contribution >= 4 is 0 Å². The Morgan fingerprint density at radius 3 is 1.18 bits per heavy atom. The summed E-state index contributed by atoms with van der Waals surface area (Å²) in [6, 6.07) is 20.7. The number of aliphatic hydroxyl groups is 2. The molecular formula is C20H28O2. The minimum atomic E-state index is 0.312. The first-order chi connectivity index (χ1) is 10.9. The van der Waals surface area contributed by atoms with Crippen LogP contribution in [0.15, 0.2) is 60.7 Å². The van der Waals surface area contributed by atoms with Crippen molar-refractivity contribution in [3.63, 3.8) is 0 Å². The third kappa shape index (κ3) is 9.32. The van der Waals surface area contributed by atoms with E-state index in [4.69, 9.17) is 10.2 Å². The zero-order valence-corrected chi connectivity index (χ0v) is 13.3. The monoisotopic (exact) mass is 300 g/mol. The van der Waals surface area contributed by atoms with E-state index in [2.05, 4.69) is 24.3 Å². The SMILES string of the molecule is OCCCCc1ccccc1.OCCCCc1ccccc1. The highest BCUT2D eigenvalue weighted by molar-refractivity contribution is 5.15. The highest BCUT2D eigenvalue weighted by Gasteiger charge is 1.90. The maximum Gasteiger partial charge on any atom is 0.0431 e. The average molecular weight is 300 g/mol. The zero-order valence-electron chi connectivity index (χ0n) is 13.3. The van der Waals surface area contributed by atoms with Crippen molar-refractivity contribution in [2.75, 3.05) is 13.2 Å². The van der Waals surface area contributed by atoms with Crippen LogP contribution in [-0.2, 0) is 12.8 Å². The summed E-state index contributed by atoms with van der Waals surface area (Å²) < 4.78 is 0. The minimum Gasteiger partial charge on any atom is -0.396 e. The van der Waals surface area contributed by atoms with Crippen molar-refractivity contribution in [1.29, 1.82) is 0 Å². The van der Waals surface area contributed by atoms with Gasteiger partial charge < -0.3 is 10.2 Å². The van der Waals surface area contributed by atoms with Crippen LogP contribution < -0.4 is 0 Å². The van der Waals surface area contributed by atoms with Crippen molar-refractivity contribution in [2.24, 2.45) is 0 Å². The van der Waals surface area contributed by atoms with E-state index in [9.17, 15) is 0 Å². The minimum absolute atomic E-state index is 0.312. The summed E-state index contributed by atoms with van der Waals surface area (Å²) in [4.78, 5) is 0. The van der Waals surface area contributed by atoms with E-state index in [1.807, 2.05) is 36.4 Å². The van der Waals surface area contributed by atoms with E-state index in [0.29, 0.717) is 13.2 Å². The standard InChI is InChI=1S/2C10H14O/c2*11-9-5-4-8-10-6-2-1-3-7-10/h2*1-3,6-7,11H,4-5,8-9H2. The van der Waals surface area contributed by atoms with Crippen LogP contribution in [0.1, 0.15) is 36.8 Å². The van der Waals surface area contributed by atoms with Gasteiger partial charge >= 0.3 is 0 Å². The molecule has 0 unspecified atom stereocenters. The van der Waals surface area contributed by atoms with E-state index < -0.39 is 0 Å². The summed E-state index contributed by atoms with van der Waals surface area (Å²) in [5.74, 6) is 0. The molecule has 2 N–H and O–H groups in total. The van der Waals surface area contributed by atoms with Crippen LogP contribution >= 0.6 is 0 Å². The first-order valence-electron chi connectivity index (χ1n) is 8.16. The molecule has 2 nitrogen and oxygen atoms in total. The van der Waals surface area contributed by atoms with E-state index in [-0.39, 0.29) is 0 Å². The predicted octanol–water partition coefficient (Wildman–Crippen LogP) is 4.00. The van der Waals surface area contributed by atoms with Gasteiger partial charge in [0.15, 0.2) is 0 Å². The molecule has 0 aliphatic carbocycles. The van der Waals surface area contributed by atoms with Gasteiger partial charge in [0.25, 0.3) is 0 Å². The van der Waals surface area contributed by atoms with Crippen LogP contribution in [0.25, 0.3) is 0 Å². The summed E-state index contributed by atoms with van der Waals surface area (Å²) in [7, 11) is 0. The Bertz CT molecular complexity index is 408. The Morgan fingerprint density at radius 1 is 0.500 bits per heavy atom. The third-order valence-corrected chi connectivity index (χ3v) is 3.43. The molecule has 2 aromatic rings. The number of aryl methyl sites for hydroxylation is 2. The summed E-state index contributed by atoms with van der Waals surface area (Å²) in [6.07, 6.45) is 6.16. The van der Waals surface area contributed by atoms with E-state index in [1.54, 1.807) is 0 Å².